The third-order valence-corrected chi connectivity index (χ3v) is 5.76. The molecule has 2 unspecified atom stereocenters. The van der Waals surface area contributed by atoms with Crippen LogP contribution in [-0.2, 0) is 6.42 Å². The summed E-state index contributed by atoms with van der Waals surface area (Å²) >= 11 is 0. The molecule has 0 saturated carbocycles. The molecule has 4 aliphatic rings. The molecule has 0 fully saturated rings. The molecule has 0 aliphatic carbocycles. The fraction of sp³-hybridized carbons (Fsp3) is 0.300. The van der Waals surface area contributed by atoms with Crippen molar-refractivity contribution < 1.29 is 23.8 Å². The van der Waals surface area contributed by atoms with Gasteiger partial charge in [-0.2, -0.15) is 0 Å². The molecule has 0 bridgehead atoms. The second-order valence-corrected chi connectivity index (χ2v) is 7.00. The van der Waals surface area contributed by atoms with Crippen molar-refractivity contribution in [2.75, 3.05) is 20.1 Å². The van der Waals surface area contributed by atoms with Gasteiger partial charge in [-0.15, -0.1) is 0 Å². The molecule has 6 rings (SSSR count). The summed E-state index contributed by atoms with van der Waals surface area (Å²) in [6.45, 7) is 3.92. The van der Waals surface area contributed by atoms with Crippen LogP contribution in [0.1, 0.15) is 24.1 Å². The van der Waals surface area contributed by atoms with E-state index in [9.17, 15) is 0 Å². The minimum Gasteiger partial charge on any atom is -0.454 e. The van der Waals surface area contributed by atoms with Gasteiger partial charge in [-0.1, -0.05) is 6.07 Å². The van der Waals surface area contributed by atoms with E-state index in [4.69, 9.17) is 18.9 Å². The number of rotatable bonds is 0. The lowest BCUT2D eigenvalue weighted by atomic mass is 9.85. The van der Waals surface area contributed by atoms with Gasteiger partial charge in [-0.25, -0.2) is 0 Å². The van der Waals surface area contributed by atoms with Crippen molar-refractivity contribution in [2.24, 2.45) is 0 Å². The van der Waals surface area contributed by atoms with E-state index in [0.717, 1.165) is 36.0 Å². The molecule has 0 amide bonds. The second kappa shape index (κ2) is 4.70. The summed E-state index contributed by atoms with van der Waals surface area (Å²) in [5.74, 6) is 3.48. The number of quaternary nitrogens is 1. The Bertz CT molecular complexity index is 1040. The van der Waals surface area contributed by atoms with Crippen molar-refractivity contribution in [3.63, 3.8) is 0 Å². The first-order chi connectivity index (χ1) is 12.3. The van der Waals surface area contributed by atoms with Crippen LogP contribution in [-0.4, -0.2) is 20.1 Å². The molecular weight excluding hydrogens is 318 g/mol. The normalized spacial score (nSPS) is 24.3. The molecule has 2 aromatic carbocycles. The van der Waals surface area contributed by atoms with Gasteiger partial charge in [0, 0.05) is 12.0 Å². The van der Waals surface area contributed by atoms with Crippen LogP contribution < -0.4 is 34.3 Å². The largest absolute Gasteiger partial charge is 0.454 e. The second-order valence-electron chi connectivity index (χ2n) is 7.00. The zero-order valence-electron chi connectivity index (χ0n) is 13.9. The molecule has 4 aliphatic heterocycles. The fourth-order valence-corrected chi connectivity index (χ4v) is 4.60. The first-order valence-corrected chi connectivity index (χ1v) is 8.69. The summed E-state index contributed by atoms with van der Waals surface area (Å²) < 4.78 is 22.5. The number of hydrogen-bond donors (Lipinski definition) is 1. The Balaban J connectivity index is 1.60. The highest BCUT2D eigenvalue weighted by atomic mass is 16.7. The molecule has 5 nitrogen and oxygen atoms in total. The first kappa shape index (κ1) is 13.6. The third-order valence-electron chi connectivity index (χ3n) is 5.76. The third kappa shape index (κ3) is 1.76. The SMILES string of the molecule is CC1=c2ccc3c(c2=C[NH+]2CCc4cc5c(cc4C12)OCO5)OCO3. The standard InChI is InChI=1S/C20H17NO4/c1-11-13-2-3-16-20(25-10-22-16)15(13)8-21-5-4-12-6-17-18(24-9-23-17)7-14(12)19(11)21/h2-3,6-8,19H,4-5,9-10H2,1H3/p+1. The lowest BCUT2D eigenvalue weighted by Gasteiger charge is -2.34. The topological polar surface area (TPSA) is 41.4 Å². The smallest absolute Gasteiger partial charge is 0.231 e. The van der Waals surface area contributed by atoms with Crippen LogP contribution >= 0.6 is 0 Å². The van der Waals surface area contributed by atoms with Gasteiger partial charge in [0.05, 0.1) is 11.8 Å². The average Bonchev–Trinajstić information content (AvgIpc) is 3.28. The van der Waals surface area contributed by atoms with Crippen molar-refractivity contribution in [2.45, 2.75) is 19.4 Å². The zero-order valence-corrected chi connectivity index (χ0v) is 13.9. The summed E-state index contributed by atoms with van der Waals surface area (Å²) in [4.78, 5) is 1.44. The van der Waals surface area contributed by atoms with Gasteiger partial charge in [0.15, 0.2) is 23.0 Å². The van der Waals surface area contributed by atoms with Crippen molar-refractivity contribution in [1.82, 2.24) is 0 Å². The summed E-state index contributed by atoms with van der Waals surface area (Å²) in [6, 6.07) is 8.83. The molecule has 126 valence electrons. The van der Waals surface area contributed by atoms with Crippen molar-refractivity contribution in [3.05, 3.63) is 45.8 Å². The summed E-state index contributed by atoms with van der Waals surface area (Å²) in [5.41, 5.74) is 4.09. The van der Waals surface area contributed by atoms with Crippen LogP contribution in [0.15, 0.2) is 24.3 Å². The number of hydrogen-bond acceptors (Lipinski definition) is 4. The maximum absolute atomic E-state index is 5.74. The van der Waals surface area contributed by atoms with E-state index >= 15 is 0 Å². The fourth-order valence-electron chi connectivity index (χ4n) is 4.60. The van der Waals surface area contributed by atoms with Crippen LogP contribution in [0.4, 0.5) is 0 Å². The Hall–Kier alpha value is -2.66. The van der Waals surface area contributed by atoms with E-state index in [1.807, 2.05) is 6.07 Å². The highest BCUT2D eigenvalue weighted by Gasteiger charge is 2.36. The average molecular weight is 336 g/mol. The predicted molar refractivity (Wildman–Crippen MR) is 90.2 cm³/mol. The number of fused-ring (bicyclic) bond motifs is 7. The number of ether oxygens (including phenoxy) is 4. The minimum absolute atomic E-state index is 0.309. The quantitative estimate of drug-likeness (QED) is 0.749. The molecule has 0 spiro atoms. The van der Waals surface area contributed by atoms with Gasteiger partial charge in [-0.05, 0) is 41.5 Å². The molecule has 4 heterocycles. The Morgan fingerprint density at radius 3 is 2.68 bits per heavy atom. The van der Waals surface area contributed by atoms with E-state index in [0.29, 0.717) is 19.6 Å². The van der Waals surface area contributed by atoms with Crippen LogP contribution in [0.2, 0.25) is 0 Å². The van der Waals surface area contributed by atoms with Crippen LogP contribution in [0, 0.1) is 0 Å². The van der Waals surface area contributed by atoms with Gasteiger partial charge in [0.2, 0.25) is 13.6 Å². The molecule has 5 heteroatoms. The van der Waals surface area contributed by atoms with Gasteiger partial charge >= 0.3 is 0 Å². The molecule has 25 heavy (non-hydrogen) atoms. The van der Waals surface area contributed by atoms with Crippen molar-refractivity contribution in [3.8, 4) is 23.0 Å². The van der Waals surface area contributed by atoms with E-state index < -0.39 is 0 Å². The lowest BCUT2D eigenvalue weighted by Crippen LogP contribution is -3.10. The van der Waals surface area contributed by atoms with Crippen LogP contribution in [0.5, 0.6) is 23.0 Å². The van der Waals surface area contributed by atoms with Crippen molar-refractivity contribution >= 4 is 11.8 Å². The van der Waals surface area contributed by atoms with E-state index in [1.54, 1.807) is 0 Å². The Morgan fingerprint density at radius 1 is 0.960 bits per heavy atom. The Morgan fingerprint density at radius 2 is 1.76 bits per heavy atom. The van der Waals surface area contributed by atoms with E-state index in [-0.39, 0.29) is 0 Å². The highest BCUT2D eigenvalue weighted by molar-refractivity contribution is 5.62. The molecule has 2 aromatic rings. The number of nitrogens with one attached hydrogen (secondary N) is 1. The maximum atomic E-state index is 5.74. The molecule has 0 saturated heterocycles. The van der Waals surface area contributed by atoms with Crippen LogP contribution in [0.25, 0.3) is 11.8 Å². The van der Waals surface area contributed by atoms with Crippen molar-refractivity contribution in [1.29, 1.82) is 0 Å². The number of benzene rings is 2. The molecule has 0 aromatic heterocycles. The van der Waals surface area contributed by atoms with Gasteiger partial charge in [0.1, 0.15) is 12.2 Å². The Kier molecular flexibility index (Phi) is 2.56. The zero-order chi connectivity index (χ0) is 16.5. The lowest BCUT2D eigenvalue weighted by molar-refractivity contribution is -0.845. The molecule has 0 radical (unpaired) electrons. The summed E-state index contributed by atoms with van der Waals surface area (Å²) in [5, 5.41) is 2.42. The predicted octanol–water partition coefficient (Wildman–Crippen LogP) is 0.248. The molecule has 2 atom stereocenters. The van der Waals surface area contributed by atoms with Crippen LogP contribution in [0.3, 0.4) is 0 Å². The molecule has 1 N–H and O–H groups in total. The minimum atomic E-state index is 0.309. The molecular formula is C20H18NO4+. The van der Waals surface area contributed by atoms with Gasteiger partial charge in [0.25, 0.3) is 0 Å². The van der Waals surface area contributed by atoms with E-state index in [1.165, 1.54) is 32.0 Å². The van der Waals surface area contributed by atoms with Gasteiger partial charge < -0.3 is 18.9 Å². The monoisotopic (exact) mass is 336 g/mol. The first-order valence-electron chi connectivity index (χ1n) is 8.69. The summed E-state index contributed by atoms with van der Waals surface area (Å²) in [7, 11) is 0. The maximum Gasteiger partial charge on any atom is 0.231 e. The Labute approximate surface area is 144 Å². The highest BCUT2D eigenvalue weighted by Crippen LogP contribution is 2.39. The summed E-state index contributed by atoms with van der Waals surface area (Å²) in [6.07, 6.45) is 3.34. The van der Waals surface area contributed by atoms with E-state index in [2.05, 4.69) is 31.3 Å². The van der Waals surface area contributed by atoms with Gasteiger partial charge in [-0.3, -0.25) is 4.90 Å².